The molecule has 2 atom stereocenters. The van der Waals surface area contributed by atoms with E-state index < -0.39 is 0 Å². The van der Waals surface area contributed by atoms with E-state index in [1.54, 1.807) is 0 Å². The molecule has 4 aromatic rings. The molecule has 2 unspecified atom stereocenters. The fourth-order valence-corrected chi connectivity index (χ4v) is 5.16. The Bertz CT molecular complexity index is 1540. The summed E-state index contributed by atoms with van der Waals surface area (Å²) in [6.45, 7) is 10.9. The van der Waals surface area contributed by atoms with Crippen molar-refractivity contribution in [3.05, 3.63) is 95.3 Å². The van der Waals surface area contributed by atoms with E-state index in [4.69, 9.17) is 14.1 Å². The first-order valence-electron chi connectivity index (χ1n) is 12.0. The number of furan rings is 1. The van der Waals surface area contributed by atoms with Crippen LogP contribution in [0.25, 0.3) is 38.9 Å². The molecule has 0 saturated carbocycles. The smallest absolute Gasteiger partial charge is 0.227 e. The lowest BCUT2D eigenvalue weighted by atomic mass is 9.82. The molecule has 2 aromatic heterocycles. The Hall–Kier alpha value is -3.59. The van der Waals surface area contributed by atoms with E-state index >= 15 is 0 Å². The Morgan fingerprint density at radius 1 is 0.941 bits per heavy atom. The largest absolute Gasteiger partial charge is 0.485 e. The molecule has 3 heterocycles. The summed E-state index contributed by atoms with van der Waals surface area (Å²) >= 11 is 0. The summed E-state index contributed by atoms with van der Waals surface area (Å²) in [5.74, 6) is 2.05. The molecule has 0 saturated heterocycles. The molecule has 0 bridgehead atoms. The lowest BCUT2D eigenvalue weighted by molar-refractivity contribution is 0.213. The van der Waals surface area contributed by atoms with Gasteiger partial charge in [-0.15, -0.1) is 0 Å². The van der Waals surface area contributed by atoms with Gasteiger partial charge in [0.15, 0.2) is 0 Å². The van der Waals surface area contributed by atoms with Crippen molar-refractivity contribution < 1.29 is 9.15 Å². The van der Waals surface area contributed by atoms with Gasteiger partial charge in [-0.2, -0.15) is 0 Å². The maximum atomic E-state index is 6.42. The van der Waals surface area contributed by atoms with Gasteiger partial charge >= 0.3 is 0 Å². The van der Waals surface area contributed by atoms with Gasteiger partial charge < -0.3 is 9.15 Å². The summed E-state index contributed by atoms with van der Waals surface area (Å²) in [6, 6.07) is 15.3. The fourth-order valence-electron chi connectivity index (χ4n) is 5.16. The Balaban J connectivity index is 1.59. The predicted octanol–water partition coefficient (Wildman–Crippen LogP) is 8.04. The molecule has 6 rings (SSSR count). The second-order valence-electron chi connectivity index (χ2n) is 10.5. The van der Waals surface area contributed by atoms with E-state index in [0.29, 0.717) is 5.71 Å². The second-order valence-corrected chi connectivity index (χ2v) is 10.5. The summed E-state index contributed by atoms with van der Waals surface area (Å²) < 4.78 is 12.6. The van der Waals surface area contributed by atoms with E-state index in [1.165, 1.54) is 16.3 Å². The quantitative estimate of drug-likeness (QED) is 0.312. The van der Waals surface area contributed by atoms with Gasteiger partial charge in [0.2, 0.25) is 5.71 Å². The standard InChI is InChI=1S/C31H29NO2/c1-18-19(2)33-30-29(18)24(28-16-21-11-7-9-13-27(21)34-28)17-26(32-30)22-14-20-10-6-8-12-23(20)25(15-22)31(3,4)5/h6-17,21,27H,1-5H3. The van der Waals surface area contributed by atoms with Crippen molar-refractivity contribution in [2.75, 3.05) is 0 Å². The maximum Gasteiger partial charge on any atom is 0.227 e. The van der Waals surface area contributed by atoms with Crippen LogP contribution in [-0.2, 0) is 10.2 Å². The highest BCUT2D eigenvalue weighted by Gasteiger charge is 2.30. The summed E-state index contributed by atoms with van der Waals surface area (Å²) in [5, 5.41) is 3.54. The van der Waals surface area contributed by atoms with E-state index in [0.717, 1.165) is 39.3 Å². The number of pyridine rings is 1. The van der Waals surface area contributed by atoms with E-state index in [2.05, 4.69) is 101 Å². The zero-order chi connectivity index (χ0) is 23.6. The third-order valence-corrected chi connectivity index (χ3v) is 7.10. The number of fused-ring (bicyclic) bond motifs is 3. The van der Waals surface area contributed by atoms with Gasteiger partial charge in [0.25, 0.3) is 0 Å². The normalized spacial score (nSPS) is 19.5. The minimum atomic E-state index is 0.00581. The van der Waals surface area contributed by atoms with Crippen molar-refractivity contribution in [1.82, 2.24) is 4.98 Å². The van der Waals surface area contributed by atoms with Crippen LogP contribution in [0.5, 0.6) is 0 Å². The molecule has 3 nitrogen and oxygen atoms in total. The van der Waals surface area contributed by atoms with Crippen molar-refractivity contribution in [2.24, 2.45) is 5.92 Å². The molecule has 34 heavy (non-hydrogen) atoms. The monoisotopic (exact) mass is 447 g/mol. The van der Waals surface area contributed by atoms with Gasteiger partial charge in [0, 0.05) is 22.6 Å². The number of hydrogen-bond acceptors (Lipinski definition) is 3. The highest BCUT2D eigenvalue weighted by molar-refractivity contribution is 5.95. The van der Waals surface area contributed by atoms with E-state index in [-0.39, 0.29) is 17.4 Å². The third-order valence-electron chi connectivity index (χ3n) is 7.10. The van der Waals surface area contributed by atoms with Crippen LogP contribution < -0.4 is 0 Å². The van der Waals surface area contributed by atoms with Gasteiger partial charge in [0.1, 0.15) is 17.6 Å². The molecule has 170 valence electrons. The molecule has 2 aliphatic rings. The first-order valence-corrected chi connectivity index (χ1v) is 12.0. The Morgan fingerprint density at radius 3 is 2.53 bits per heavy atom. The number of hydrogen-bond donors (Lipinski definition) is 0. The maximum absolute atomic E-state index is 6.42. The number of aryl methyl sites for hydroxylation is 2. The Labute approximate surface area is 200 Å². The Morgan fingerprint density at radius 2 is 1.74 bits per heavy atom. The van der Waals surface area contributed by atoms with E-state index in [9.17, 15) is 0 Å². The van der Waals surface area contributed by atoms with Gasteiger partial charge in [-0.25, -0.2) is 4.98 Å². The predicted molar refractivity (Wildman–Crippen MR) is 140 cm³/mol. The molecule has 0 radical (unpaired) electrons. The fraction of sp³-hybridized carbons (Fsp3) is 0.258. The van der Waals surface area contributed by atoms with Crippen molar-refractivity contribution in [2.45, 2.75) is 46.1 Å². The van der Waals surface area contributed by atoms with Crippen molar-refractivity contribution in [1.29, 1.82) is 0 Å². The number of nitrogens with zero attached hydrogens (tertiary/aromatic N) is 1. The van der Waals surface area contributed by atoms with E-state index in [1.807, 2.05) is 6.92 Å². The molecule has 1 aliphatic heterocycles. The van der Waals surface area contributed by atoms with Crippen LogP contribution in [0.15, 0.2) is 77.3 Å². The van der Waals surface area contributed by atoms with Crippen LogP contribution in [0, 0.1) is 19.8 Å². The number of rotatable bonds is 2. The zero-order valence-electron chi connectivity index (χ0n) is 20.3. The Kier molecular flexibility index (Phi) is 4.60. The molecule has 0 N–H and O–H groups in total. The summed E-state index contributed by atoms with van der Waals surface area (Å²) in [4.78, 5) is 5.00. The minimum absolute atomic E-state index is 0.00581. The number of benzene rings is 2. The van der Waals surface area contributed by atoms with Crippen LogP contribution in [0.1, 0.15) is 43.2 Å². The highest BCUT2D eigenvalue weighted by Crippen LogP contribution is 2.41. The molecular formula is C31H29NO2. The topological polar surface area (TPSA) is 35.3 Å². The SMILES string of the molecule is Cc1oc2nc(-c3cc(C(C)(C)C)c4ccccc4c3)cc(C3=CC4C=CC=CC4O3)c2c1C. The molecule has 3 heteroatoms. The van der Waals surface area contributed by atoms with Crippen LogP contribution in [0.4, 0.5) is 0 Å². The summed E-state index contributed by atoms with van der Waals surface area (Å²) in [5.41, 5.74) is 6.14. The zero-order valence-corrected chi connectivity index (χ0v) is 20.3. The summed E-state index contributed by atoms with van der Waals surface area (Å²) in [7, 11) is 0. The molecule has 1 aliphatic carbocycles. The lowest BCUT2D eigenvalue weighted by Crippen LogP contribution is -2.13. The molecule has 0 amide bonds. The van der Waals surface area contributed by atoms with Gasteiger partial charge in [-0.05, 0) is 65.9 Å². The van der Waals surface area contributed by atoms with Crippen LogP contribution in [-0.4, -0.2) is 11.1 Å². The van der Waals surface area contributed by atoms with Crippen molar-refractivity contribution in [3.63, 3.8) is 0 Å². The third kappa shape index (κ3) is 3.30. The first-order chi connectivity index (χ1) is 16.3. The van der Waals surface area contributed by atoms with Crippen LogP contribution >= 0.6 is 0 Å². The summed E-state index contributed by atoms with van der Waals surface area (Å²) in [6.07, 6.45) is 10.7. The first kappa shape index (κ1) is 21.0. The average Bonchev–Trinajstić information content (AvgIpc) is 3.38. The number of ether oxygens (including phenoxy) is 1. The molecular weight excluding hydrogens is 418 g/mol. The molecule has 0 spiro atoms. The van der Waals surface area contributed by atoms with Crippen molar-refractivity contribution in [3.8, 4) is 11.3 Å². The van der Waals surface area contributed by atoms with Crippen molar-refractivity contribution >= 4 is 27.6 Å². The van der Waals surface area contributed by atoms with Crippen LogP contribution in [0.2, 0.25) is 0 Å². The average molecular weight is 448 g/mol. The minimum Gasteiger partial charge on any atom is -0.485 e. The van der Waals surface area contributed by atoms with Gasteiger partial charge in [0.05, 0.1) is 11.1 Å². The number of aromatic nitrogens is 1. The highest BCUT2D eigenvalue weighted by atomic mass is 16.5. The lowest BCUT2D eigenvalue weighted by Gasteiger charge is -2.23. The van der Waals surface area contributed by atoms with Gasteiger partial charge in [-0.1, -0.05) is 63.3 Å². The molecule has 0 fully saturated rings. The van der Waals surface area contributed by atoms with Crippen LogP contribution in [0.3, 0.4) is 0 Å². The molecule has 2 aromatic carbocycles. The van der Waals surface area contributed by atoms with Gasteiger partial charge in [-0.3, -0.25) is 0 Å². The number of allylic oxidation sites excluding steroid dienone is 2. The second kappa shape index (κ2) is 7.46.